The maximum absolute atomic E-state index is 10.4. The molecule has 0 aliphatic carbocycles. The van der Waals surface area contributed by atoms with Crippen LogP contribution in [0.4, 0.5) is 0 Å². The highest BCUT2D eigenvalue weighted by Gasteiger charge is 2.21. The molecule has 0 fully saturated rings. The number of phenolic OH excluding ortho intramolecular Hbond substituents is 1. The molecule has 26 heavy (non-hydrogen) atoms. The summed E-state index contributed by atoms with van der Waals surface area (Å²) in [6.45, 7) is 5.34. The Bertz CT molecular complexity index is 759. The molecule has 0 amide bonds. The van der Waals surface area contributed by atoms with Gasteiger partial charge < -0.3 is 15.3 Å². The summed E-state index contributed by atoms with van der Waals surface area (Å²) in [4.78, 5) is 4.39. The third kappa shape index (κ3) is 5.53. The first-order valence-corrected chi connectivity index (χ1v) is 9.31. The Balaban J connectivity index is 2.29. The van der Waals surface area contributed by atoms with Crippen molar-refractivity contribution in [2.24, 2.45) is 5.92 Å². The molecule has 138 valence electrons. The van der Waals surface area contributed by atoms with Gasteiger partial charge in [-0.05, 0) is 61.7 Å². The molecule has 2 rings (SSSR count). The second kappa shape index (κ2) is 9.67. The maximum Gasteiger partial charge on any atom is 0.122 e. The molecule has 0 unspecified atom stereocenters. The van der Waals surface area contributed by atoms with Gasteiger partial charge in [0.1, 0.15) is 5.75 Å². The lowest BCUT2D eigenvalue weighted by molar-refractivity contribution is 0.0429. The molecular weight excluding hydrogens is 394 g/mol. The summed E-state index contributed by atoms with van der Waals surface area (Å²) in [5.74, 6) is -0.214. The molecule has 0 spiro atoms. The number of aliphatic hydroxyl groups excluding tert-OH is 2. The molecule has 3 N–H and O–H groups in total. The lowest BCUT2D eigenvalue weighted by atomic mass is 9.91. The van der Waals surface area contributed by atoms with Gasteiger partial charge in [-0.15, -0.1) is 6.58 Å². The summed E-state index contributed by atoms with van der Waals surface area (Å²) < 4.78 is 0.864. The van der Waals surface area contributed by atoms with E-state index in [-0.39, 0.29) is 11.7 Å². The van der Waals surface area contributed by atoms with E-state index >= 15 is 0 Å². The van der Waals surface area contributed by atoms with Gasteiger partial charge >= 0.3 is 0 Å². The van der Waals surface area contributed by atoms with E-state index in [1.807, 2.05) is 30.3 Å². The highest BCUT2D eigenvalue weighted by Crippen LogP contribution is 2.29. The number of benzene rings is 1. The minimum absolute atomic E-state index is 0.176. The SMILES string of the molecule is C=C[C@H]([C@H](O)CC/C(=C/c1cc(Br)ccc1O)c1ccccn1)[C@@H](C)O. The van der Waals surface area contributed by atoms with Crippen LogP contribution in [-0.4, -0.2) is 32.5 Å². The van der Waals surface area contributed by atoms with Crippen LogP contribution in [0.2, 0.25) is 0 Å². The Labute approximate surface area is 162 Å². The molecule has 0 saturated carbocycles. The summed E-state index contributed by atoms with van der Waals surface area (Å²) >= 11 is 3.41. The van der Waals surface area contributed by atoms with Crippen LogP contribution < -0.4 is 0 Å². The molecule has 2 aromatic rings. The molecule has 0 radical (unpaired) electrons. The fourth-order valence-electron chi connectivity index (χ4n) is 2.83. The Morgan fingerprint density at radius 2 is 2.04 bits per heavy atom. The summed E-state index contributed by atoms with van der Waals surface area (Å²) in [6, 6.07) is 10.9. The standard InChI is InChI=1S/C21H24BrNO3/c1-3-18(14(2)24)21(26)9-7-15(19-6-4-5-11-23-19)12-16-13-17(22)8-10-20(16)25/h3-6,8,10-14,18,21,24-26H,1,7,9H2,2H3/b15-12-/t14-,18+,21-/m1/s1. The fourth-order valence-corrected chi connectivity index (χ4v) is 3.21. The van der Waals surface area contributed by atoms with Crippen molar-refractivity contribution in [3.05, 3.63) is 71.0 Å². The molecule has 1 aromatic heterocycles. The number of phenols is 1. The van der Waals surface area contributed by atoms with Crippen LogP contribution in [-0.2, 0) is 0 Å². The van der Waals surface area contributed by atoms with Crippen LogP contribution in [0.25, 0.3) is 11.6 Å². The van der Waals surface area contributed by atoms with Crippen LogP contribution in [0.3, 0.4) is 0 Å². The predicted octanol–water partition coefficient (Wildman–Crippen LogP) is 4.41. The average molecular weight is 418 g/mol. The van der Waals surface area contributed by atoms with Gasteiger partial charge in [0.05, 0.1) is 17.9 Å². The van der Waals surface area contributed by atoms with Crippen molar-refractivity contribution in [2.45, 2.75) is 32.0 Å². The van der Waals surface area contributed by atoms with Crippen molar-refractivity contribution in [2.75, 3.05) is 0 Å². The number of allylic oxidation sites excluding steroid dienone is 1. The smallest absolute Gasteiger partial charge is 0.122 e. The number of nitrogens with zero attached hydrogens (tertiary/aromatic N) is 1. The van der Waals surface area contributed by atoms with E-state index in [1.54, 1.807) is 31.3 Å². The third-order valence-corrected chi connectivity index (χ3v) is 4.79. The Morgan fingerprint density at radius 1 is 1.27 bits per heavy atom. The van der Waals surface area contributed by atoms with Gasteiger partial charge in [-0.3, -0.25) is 4.98 Å². The van der Waals surface area contributed by atoms with Crippen molar-refractivity contribution in [1.29, 1.82) is 0 Å². The van der Waals surface area contributed by atoms with E-state index in [2.05, 4.69) is 27.5 Å². The molecule has 0 aliphatic heterocycles. The van der Waals surface area contributed by atoms with E-state index in [0.29, 0.717) is 18.4 Å². The van der Waals surface area contributed by atoms with E-state index in [4.69, 9.17) is 0 Å². The lowest BCUT2D eigenvalue weighted by Crippen LogP contribution is -2.28. The van der Waals surface area contributed by atoms with Crippen molar-refractivity contribution < 1.29 is 15.3 Å². The third-order valence-electron chi connectivity index (χ3n) is 4.30. The molecule has 1 heterocycles. The van der Waals surface area contributed by atoms with Gasteiger partial charge in [0.15, 0.2) is 0 Å². The quantitative estimate of drug-likeness (QED) is 0.555. The van der Waals surface area contributed by atoms with Crippen molar-refractivity contribution in [3.8, 4) is 5.75 Å². The van der Waals surface area contributed by atoms with Crippen LogP contribution in [0.5, 0.6) is 5.75 Å². The van der Waals surface area contributed by atoms with Gasteiger partial charge in [-0.2, -0.15) is 0 Å². The van der Waals surface area contributed by atoms with Crippen molar-refractivity contribution >= 4 is 27.6 Å². The monoisotopic (exact) mass is 417 g/mol. The summed E-state index contributed by atoms with van der Waals surface area (Å²) in [5.41, 5.74) is 2.35. The van der Waals surface area contributed by atoms with Gasteiger partial charge in [-0.25, -0.2) is 0 Å². The highest BCUT2D eigenvalue weighted by atomic mass is 79.9. The lowest BCUT2D eigenvalue weighted by Gasteiger charge is -2.22. The van der Waals surface area contributed by atoms with Gasteiger partial charge in [0.2, 0.25) is 0 Å². The second-order valence-electron chi connectivity index (χ2n) is 6.25. The first-order chi connectivity index (χ1) is 12.4. The number of hydrogen-bond acceptors (Lipinski definition) is 4. The molecule has 5 heteroatoms. The molecule has 1 aromatic carbocycles. The van der Waals surface area contributed by atoms with Gasteiger partial charge in [-0.1, -0.05) is 28.1 Å². The molecule has 0 aliphatic rings. The topological polar surface area (TPSA) is 73.6 Å². The second-order valence-corrected chi connectivity index (χ2v) is 7.16. The predicted molar refractivity (Wildman–Crippen MR) is 109 cm³/mol. The van der Waals surface area contributed by atoms with E-state index in [1.165, 1.54) is 0 Å². The first-order valence-electron chi connectivity index (χ1n) is 8.51. The average Bonchev–Trinajstić information content (AvgIpc) is 2.62. The Morgan fingerprint density at radius 3 is 2.65 bits per heavy atom. The van der Waals surface area contributed by atoms with Crippen molar-refractivity contribution in [1.82, 2.24) is 4.98 Å². The zero-order chi connectivity index (χ0) is 19.1. The number of pyridine rings is 1. The van der Waals surface area contributed by atoms with E-state index in [0.717, 1.165) is 15.7 Å². The van der Waals surface area contributed by atoms with Gasteiger partial charge in [0.25, 0.3) is 0 Å². The van der Waals surface area contributed by atoms with E-state index < -0.39 is 12.2 Å². The van der Waals surface area contributed by atoms with Crippen LogP contribution >= 0.6 is 15.9 Å². The minimum atomic E-state index is -0.712. The normalized spacial score (nSPS) is 15.3. The molecular formula is C21H24BrNO3. The summed E-state index contributed by atoms with van der Waals surface area (Å²) in [5, 5.41) is 30.3. The Kier molecular flexibility index (Phi) is 7.57. The Hall–Kier alpha value is -1.95. The van der Waals surface area contributed by atoms with Crippen LogP contribution in [0.15, 0.2) is 59.7 Å². The van der Waals surface area contributed by atoms with Crippen molar-refractivity contribution in [3.63, 3.8) is 0 Å². The highest BCUT2D eigenvalue weighted by molar-refractivity contribution is 9.10. The number of aromatic nitrogens is 1. The largest absolute Gasteiger partial charge is 0.507 e. The number of rotatable bonds is 8. The van der Waals surface area contributed by atoms with Crippen LogP contribution in [0.1, 0.15) is 31.0 Å². The number of aromatic hydroxyl groups is 1. The van der Waals surface area contributed by atoms with E-state index in [9.17, 15) is 15.3 Å². The zero-order valence-electron chi connectivity index (χ0n) is 14.7. The minimum Gasteiger partial charge on any atom is -0.507 e. The van der Waals surface area contributed by atoms with Crippen LogP contribution in [0, 0.1) is 5.92 Å². The first kappa shape index (κ1) is 20.4. The summed E-state index contributed by atoms with van der Waals surface area (Å²) in [7, 11) is 0. The molecule has 4 nitrogen and oxygen atoms in total. The number of hydrogen-bond donors (Lipinski definition) is 3. The summed E-state index contributed by atoms with van der Waals surface area (Å²) in [6.07, 6.45) is 4.78. The molecule has 0 saturated heterocycles. The van der Waals surface area contributed by atoms with Gasteiger partial charge in [0, 0.05) is 22.2 Å². The zero-order valence-corrected chi connectivity index (χ0v) is 16.3. The molecule has 0 bridgehead atoms. The number of aliphatic hydroxyl groups is 2. The molecule has 3 atom stereocenters. The maximum atomic E-state index is 10.4. The fraction of sp³-hybridized carbons (Fsp3) is 0.286. The number of halogens is 1.